The number of benzene rings is 1. The number of halogens is 3. The normalized spacial score (nSPS) is 11.5. The first-order chi connectivity index (χ1) is 12.3. The molecule has 0 amide bonds. The topological polar surface area (TPSA) is 38.2 Å². The fourth-order valence-corrected chi connectivity index (χ4v) is 2.53. The number of aromatic nitrogens is 2. The lowest BCUT2D eigenvalue weighted by atomic mass is 10.2. The predicted octanol–water partition coefficient (Wildman–Crippen LogP) is 5.53. The van der Waals surface area contributed by atoms with Gasteiger partial charge in [-0.15, -0.1) is 0 Å². The van der Waals surface area contributed by atoms with Crippen LogP contribution >= 0.6 is 0 Å². The molecule has 26 heavy (non-hydrogen) atoms. The molecule has 0 aliphatic heterocycles. The average molecular weight is 367 g/mol. The Hall–Kier alpha value is -2.31. The summed E-state index contributed by atoms with van der Waals surface area (Å²) in [6.07, 6.45) is 0.262. The number of alkyl halides is 3. The molecule has 2 aromatic rings. The molecular weight excluding hydrogens is 343 g/mol. The Kier molecular flexibility index (Phi) is 6.83. The van der Waals surface area contributed by atoms with Crippen molar-refractivity contribution in [1.29, 1.82) is 0 Å². The van der Waals surface area contributed by atoms with Crippen LogP contribution in [0.3, 0.4) is 0 Å². The highest BCUT2D eigenvalue weighted by atomic mass is 19.4. The first-order valence-corrected chi connectivity index (χ1v) is 8.70. The van der Waals surface area contributed by atoms with E-state index in [-0.39, 0.29) is 11.8 Å². The van der Waals surface area contributed by atoms with Crippen LogP contribution in [0.25, 0.3) is 0 Å². The second kappa shape index (κ2) is 8.87. The highest BCUT2D eigenvalue weighted by molar-refractivity contribution is 5.63. The maximum absolute atomic E-state index is 13.4. The van der Waals surface area contributed by atoms with Gasteiger partial charge in [0.05, 0.1) is 6.61 Å². The maximum atomic E-state index is 13.4. The Bertz CT molecular complexity index is 719. The fourth-order valence-electron chi connectivity index (χ4n) is 2.53. The van der Waals surface area contributed by atoms with Gasteiger partial charge in [0.2, 0.25) is 0 Å². The Labute approximate surface area is 152 Å². The molecule has 0 atom stereocenters. The zero-order valence-electron chi connectivity index (χ0n) is 15.3. The van der Waals surface area contributed by atoms with Crippen LogP contribution in [0.2, 0.25) is 0 Å². The third-order valence-electron chi connectivity index (χ3n) is 3.99. The van der Waals surface area contributed by atoms with Gasteiger partial charge in [0.1, 0.15) is 5.56 Å². The first-order valence-electron chi connectivity index (χ1n) is 8.70. The number of anilines is 2. The highest BCUT2D eigenvalue weighted by Crippen LogP contribution is 2.37. The maximum Gasteiger partial charge on any atom is 0.421 e. The summed E-state index contributed by atoms with van der Waals surface area (Å²) < 4.78 is 45.6. The van der Waals surface area contributed by atoms with Crippen LogP contribution in [0.4, 0.5) is 24.7 Å². The van der Waals surface area contributed by atoms with Crippen LogP contribution in [-0.2, 0) is 6.18 Å². The van der Waals surface area contributed by atoms with Crippen molar-refractivity contribution >= 4 is 11.5 Å². The van der Waals surface area contributed by atoms with Gasteiger partial charge in [-0.05, 0) is 31.0 Å². The minimum Gasteiger partial charge on any atom is -0.463 e. The van der Waals surface area contributed by atoms with E-state index in [1.165, 1.54) is 4.90 Å². The van der Waals surface area contributed by atoms with Crippen LogP contribution in [0.15, 0.2) is 30.5 Å². The Morgan fingerprint density at radius 2 is 1.92 bits per heavy atom. The smallest absolute Gasteiger partial charge is 0.421 e. The minimum absolute atomic E-state index is 0.0380. The third kappa shape index (κ3) is 5.34. The number of hydrogen-bond acceptors (Lipinski definition) is 4. The van der Waals surface area contributed by atoms with Crippen LogP contribution in [0.1, 0.15) is 43.7 Å². The number of hydrogen-bond donors (Lipinski definition) is 0. The van der Waals surface area contributed by atoms with Crippen molar-refractivity contribution in [3.63, 3.8) is 0 Å². The number of unbranched alkanes of at least 4 members (excludes halogenated alkanes) is 3. The first kappa shape index (κ1) is 20.0. The van der Waals surface area contributed by atoms with Crippen LogP contribution in [0, 0.1) is 6.92 Å². The summed E-state index contributed by atoms with van der Waals surface area (Å²) in [5.41, 5.74) is 0.673. The molecule has 4 nitrogen and oxygen atoms in total. The van der Waals surface area contributed by atoms with Crippen LogP contribution in [0.5, 0.6) is 6.01 Å². The number of nitrogens with zero attached hydrogens (tertiary/aromatic N) is 3. The molecule has 2 rings (SSSR count). The Balaban J connectivity index is 2.27. The van der Waals surface area contributed by atoms with Crippen molar-refractivity contribution in [2.75, 3.05) is 18.6 Å². The van der Waals surface area contributed by atoms with Gasteiger partial charge in [0, 0.05) is 18.9 Å². The van der Waals surface area contributed by atoms with E-state index in [1.807, 2.05) is 13.0 Å². The highest BCUT2D eigenvalue weighted by Gasteiger charge is 2.36. The van der Waals surface area contributed by atoms with Gasteiger partial charge in [-0.2, -0.15) is 18.2 Å². The molecule has 0 aliphatic rings. The van der Waals surface area contributed by atoms with E-state index in [0.29, 0.717) is 12.3 Å². The number of rotatable bonds is 8. The standard InChI is InChI=1S/C19H24F3N3O/c1-4-5-6-7-11-26-18-23-13-16(19(20,21)22)17(24-18)25(3)15-10-8-9-14(2)12-15/h8-10,12-13H,4-7,11H2,1-3H3. The van der Waals surface area contributed by atoms with Gasteiger partial charge >= 0.3 is 12.2 Å². The van der Waals surface area contributed by atoms with Crippen molar-refractivity contribution in [3.8, 4) is 6.01 Å². The van der Waals surface area contributed by atoms with Crippen molar-refractivity contribution in [2.45, 2.75) is 45.7 Å². The molecule has 0 unspecified atom stereocenters. The van der Waals surface area contributed by atoms with Crippen molar-refractivity contribution in [1.82, 2.24) is 9.97 Å². The van der Waals surface area contributed by atoms with E-state index in [9.17, 15) is 13.2 Å². The summed E-state index contributed by atoms with van der Waals surface area (Å²) in [5.74, 6) is -0.221. The van der Waals surface area contributed by atoms with Gasteiger partial charge in [0.25, 0.3) is 0 Å². The van der Waals surface area contributed by atoms with E-state index in [4.69, 9.17) is 4.74 Å². The number of aryl methyl sites for hydroxylation is 1. The van der Waals surface area contributed by atoms with Crippen molar-refractivity contribution in [2.24, 2.45) is 0 Å². The summed E-state index contributed by atoms with van der Waals surface area (Å²) in [7, 11) is 1.55. The lowest BCUT2D eigenvalue weighted by Gasteiger charge is -2.23. The van der Waals surface area contributed by atoms with Gasteiger partial charge < -0.3 is 9.64 Å². The molecule has 1 heterocycles. The van der Waals surface area contributed by atoms with E-state index < -0.39 is 11.7 Å². The molecular formula is C19H24F3N3O. The lowest BCUT2D eigenvalue weighted by Crippen LogP contribution is -2.19. The summed E-state index contributed by atoms with van der Waals surface area (Å²) in [4.78, 5) is 9.18. The SMILES string of the molecule is CCCCCCOc1ncc(C(F)(F)F)c(N(C)c2cccc(C)c2)n1. The van der Waals surface area contributed by atoms with Crippen LogP contribution < -0.4 is 9.64 Å². The predicted molar refractivity (Wildman–Crippen MR) is 95.9 cm³/mol. The molecule has 0 saturated heterocycles. The van der Waals surface area contributed by atoms with Gasteiger partial charge in [-0.25, -0.2) is 4.98 Å². The second-order valence-corrected chi connectivity index (χ2v) is 6.19. The molecule has 0 bridgehead atoms. The minimum atomic E-state index is -4.55. The zero-order valence-corrected chi connectivity index (χ0v) is 15.3. The van der Waals surface area contributed by atoms with Crippen molar-refractivity contribution < 1.29 is 17.9 Å². The largest absolute Gasteiger partial charge is 0.463 e. The molecule has 0 N–H and O–H groups in total. The molecule has 0 fully saturated rings. The Morgan fingerprint density at radius 3 is 2.58 bits per heavy atom. The summed E-state index contributed by atoms with van der Waals surface area (Å²) in [5, 5.41) is 0. The molecule has 0 radical (unpaired) electrons. The van der Waals surface area contributed by atoms with Gasteiger partial charge in [-0.1, -0.05) is 38.3 Å². The summed E-state index contributed by atoms with van der Waals surface area (Å²) >= 11 is 0. The third-order valence-corrected chi connectivity index (χ3v) is 3.99. The monoisotopic (exact) mass is 367 g/mol. The van der Waals surface area contributed by atoms with Crippen LogP contribution in [-0.4, -0.2) is 23.6 Å². The molecule has 1 aromatic carbocycles. The molecule has 142 valence electrons. The summed E-state index contributed by atoms with van der Waals surface area (Å²) in [6.45, 7) is 4.37. The van der Waals surface area contributed by atoms with E-state index >= 15 is 0 Å². The van der Waals surface area contributed by atoms with Gasteiger partial charge in [0.15, 0.2) is 5.82 Å². The molecule has 1 aromatic heterocycles. The zero-order chi connectivity index (χ0) is 19.2. The molecule has 0 saturated carbocycles. The van der Waals surface area contributed by atoms with Crippen molar-refractivity contribution in [3.05, 3.63) is 41.6 Å². The second-order valence-electron chi connectivity index (χ2n) is 6.19. The van der Waals surface area contributed by atoms with E-state index in [1.54, 1.807) is 25.2 Å². The van der Waals surface area contributed by atoms with E-state index in [2.05, 4.69) is 16.9 Å². The summed E-state index contributed by atoms with van der Waals surface area (Å²) in [6, 6.07) is 7.17. The molecule has 0 aliphatic carbocycles. The van der Waals surface area contributed by atoms with Gasteiger partial charge in [-0.3, -0.25) is 0 Å². The lowest BCUT2D eigenvalue weighted by molar-refractivity contribution is -0.137. The Morgan fingerprint density at radius 1 is 1.15 bits per heavy atom. The quantitative estimate of drug-likeness (QED) is 0.575. The molecule has 7 heteroatoms. The fraction of sp³-hybridized carbons (Fsp3) is 0.474. The number of ether oxygens (including phenoxy) is 1. The van der Waals surface area contributed by atoms with E-state index in [0.717, 1.165) is 37.4 Å². The average Bonchev–Trinajstić information content (AvgIpc) is 2.60. The molecule has 0 spiro atoms.